The number of carboxylic acids is 2. The van der Waals surface area contributed by atoms with Crippen LogP contribution in [-0.4, -0.2) is 87.3 Å². The molecule has 1 aromatic carbocycles. The smallest absolute Gasteiger partial charge is 0.326 e. The van der Waals surface area contributed by atoms with Crippen molar-refractivity contribution in [2.45, 2.75) is 56.3 Å². The number of aromatic nitrogens is 1. The Morgan fingerprint density at radius 1 is 0.927 bits per heavy atom. The van der Waals surface area contributed by atoms with Gasteiger partial charge < -0.3 is 48.3 Å². The van der Waals surface area contributed by atoms with E-state index in [1.807, 2.05) is 24.3 Å². The number of para-hydroxylation sites is 1. The Labute approximate surface area is 241 Å². The molecule has 2 rings (SSSR count). The first kappa shape index (κ1) is 32.9. The first-order chi connectivity index (χ1) is 19.4. The summed E-state index contributed by atoms with van der Waals surface area (Å²) >= 11 is 4.03. The average Bonchev–Trinajstić information content (AvgIpc) is 3.33. The van der Waals surface area contributed by atoms with Gasteiger partial charge in [0, 0.05) is 42.2 Å². The summed E-state index contributed by atoms with van der Waals surface area (Å²) in [5.74, 6) is -5.03. The lowest BCUT2D eigenvalue weighted by Gasteiger charge is -2.25. The number of nitrogens with two attached hydrogens (primary N) is 3. The number of carbonyl (C=O) groups excluding carboxylic acids is 3. The van der Waals surface area contributed by atoms with Gasteiger partial charge in [0.05, 0.1) is 6.04 Å². The number of H-pyrrole nitrogens is 1. The van der Waals surface area contributed by atoms with Crippen LogP contribution in [0.1, 0.15) is 31.2 Å². The Bertz CT molecular complexity index is 1260. The fourth-order valence-corrected chi connectivity index (χ4v) is 4.10. The van der Waals surface area contributed by atoms with E-state index in [1.165, 1.54) is 0 Å². The zero-order chi connectivity index (χ0) is 30.5. The summed E-state index contributed by atoms with van der Waals surface area (Å²) < 4.78 is 0. The van der Waals surface area contributed by atoms with Gasteiger partial charge >= 0.3 is 11.9 Å². The summed E-state index contributed by atoms with van der Waals surface area (Å²) in [5.41, 5.74) is 18.0. The molecule has 4 atom stereocenters. The van der Waals surface area contributed by atoms with E-state index in [2.05, 4.69) is 38.6 Å². The van der Waals surface area contributed by atoms with Crippen LogP contribution in [0.3, 0.4) is 0 Å². The third-order valence-corrected chi connectivity index (χ3v) is 6.50. The van der Waals surface area contributed by atoms with Crippen molar-refractivity contribution in [3.63, 3.8) is 0 Å². The normalized spacial score (nSPS) is 13.8. The van der Waals surface area contributed by atoms with Gasteiger partial charge in [-0.05, 0) is 30.9 Å². The third kappa shape index (κ3) is 10.6. The molecular formula is C25H36N8O7S. The molecule has 0 aliphatic rings. The molecule has 0 saturated heterocycles. The van der Waals surface area contributed by atoms with Gasteiger partial charge in [0.25, 0.3) is 0 Å². The Hall–Kier alpha value is -4.31. The number of aliphatic carboxylic acids is 2. The lowest BCUT2D eigenvalue weighted by molar-refractivity contribution is -0.143. The molecule has 0 spiro atoms. The van der Waals surface area contributed by atoms with Crippen LogP contribution >= 0.6 is 12.6 Å². The lowest BCUT2D eigenvalue weighted by Crippen LogP contribution is -2.57. The maximum absolute atomic E-state index is 13.5. The Kier molecular flexibility index (Phi) is 12.9. The van der Waals surface area contributed by atoms with Crippen LogP contribution in [0.4, 0.5) is 0 Å². The van der Waals surface area contributed by atoms with E-state index in [-0.39, 0.29) is 43.9 Å². The molecule has 2 aromatic rings. The molecule has 224 valence electrons. The fraction of sp³-hybridized carbons (Fsp3) is 0.440. The second-order valence-corrected chi connectivity index (χ2v) is 9.62. The van der Waals surface area contributed by atoms with E-state index in [0.29, 0.717) is 5.56 Å². The quantitative estimate of drug-likeness (QED) is 0.0436. The van der Waals surface area contributed by atoms with Crippen molar-refractivity contribution in [2.24, 2.45) is 22.2 Å². The minimum atomic E-state index is -1.51. The molecule has 0 aliphatic heterocycles. The molecule has 0 radical (unpaired) electrons. The number of nitrogens with one attached hydrogen (secondary N) is 4. The number of fused-ring (bicyclic) bond motifs is 1. The van der Waals surface area contributed by atoms with Crippen molar-refractivity contribution in [1.82, 2.24) is 20.9 Å². The molecule has 15 nitrogen and oxygen atoms in total. The van der Waals surface area contributed by atoms with E-state index in [1.54, 1.807) is 6.20 Å². The highest BCUT2D eigenvalue weighted by atomic mass is 32.1. The van der Waals surface area contributed by atoms with E-state index >= 15 is 0 Å². The molecule has 0 aliphatic carbocycles. The van der Waals surface area contributed by atoms with Crippen LogP contribution in [0.5, 0.6) is 0 Å². The standard InChI is InChI=1S/C25H36N8O7S/c26-15(12-41)21(36)33-19(10-13-11-30-16-5-2-1-4-14(13)16)23(38)31-17(6-3-9-29-25(27)28)22(37)32-18(24(39)40)7-8-20(34)35/h1-2,4-5,11,15,17-19,30,41H,3,6-10,12,26H2,(H,31,38)(H,32,37)(H,33,36)(H,34,35)(H,39,40)(H4,27,28,29). The Morgan fingerprint density at radius 3 is 2.20 bits per heavy atom. The second kappa shape index (κ2) is 16.1. The number of hydrogen-bond acceptors (Lipinski definition) is 8. The van der Waals surface area contributed by atoms with Gasteiger partial charge in [0.1, 0.15) is 18.1 Å². The minimum absolute atomic E-state index is 0.00350. The number of thiol groups is 1. The molecule has 1 heterocycles. The molecule has 0 bridgehead atoms. The Morgan fingerprint density at radius 2 is 1.56 bits per heavy atom. The van der Waals surface area contributed by atoms with Crippen LogP contribution in [-0.2, 0) is 30.4 Å². The van der Waals surface area contributed by atoms with Gasteiger partial charge in [-0.25, -0.2) is 4.79 Å². The van der Waals surface area contributed by atoms with Crippen LogP contribution in [0.2, 0.25) is 0 Å². The van der Waals surface area contributed by atoms with Crippen LogP contribution < -0.4 is 33.2 Å². The highest BCUT2D eigenvalue weighted by Gasteiger charge is 2.31. The van der Waals surface area contributed by atoms with Crippen molar-refractivity contribution >= 4 is 59.2 Å². The molecular weight excluding hydrogens is 556 g/mol. The highest BCUT2D eigenvalue weighted by molar-refractivity contribution is 7.80. The van der Waals surface area contributed by atoms with Crippen LogP contribution in [0.15, 0.2) is 35.5 Å². The van der Waals surface area contributed by atoms with Crippen molar-refractivity contribution in [2.75, 3.05) is 12.3 Å². The second-order valence-electron chi connectivity index (χ2n) is 9.26. The third-order valence-electron chi connectivity index (χ3n) is 6.11. The van der Waals surface area contributed by atoms with Gasteiger partial charge in [-0.15, -0.1) is 0 Å². The van der Waals surface area contributed by atoms with Gasteiger partial charge in [-0.1, -0.05) is 18.2 Å². The van der Waals surface area contributed by atoms with E-state index < -0.39 is 60.2 Å². The lowest BCUT2D eigenvalue weighted by atomic mass is 10.0. The van der Waals surface area contributed by atoms with Gasteiger partial charge in [0.15, 0.2) is 5.96 Å². The van der Waals surface area contributed by atoms with E-state index in [4.69, 9.17) is 22.3 Å². The number of rotatable bonds is 17. The van der Waals surface area contributed by atoms with E-state index in [0.717, 1.165) is 10.9 Å². The first-order valence-corrected chi connectivity index (χ1v) is 13.4. The maximum atomic E-state index is 13.5. The molecule has 1 aromatic heterocycles. The van der Waals surface area contributed by atoms with Gasteiger partial charge in [0.2, 0.25) is 17.7 Å². The summed E-state index contributed by atoms with van der Waals surface area (Å²) in [6.45, 7) is 0.121. The SMILES string of the molecule is NC(N)=NCCCC(NC(=O)C(Cc1c[nH]c2ccccc12)NC(=O)C(N)CS)C(=O)NC(CCC(=O)O)C(=O)O. The van der Waals surface area contributed by atoms with Crippen molar-refractivity contribution in [1.29, 1.82) is 0 Å². The molecule has 0 fully saturated rings. The number of carbonyl (C=O) groups is 5. The predicted octanol–water partition coefficient (Wildman–Crippen LogP) is -1.58. The fourth-order valence-electron chi connectivity index (χ4n) is 3.93. The zero-order valence-electron chi connectivity index (χ0n) is 22.2. The van der Waals surface area contributed by atoms with Crippen molar-refractivity contribution in [3.8, 4) is 0 Å². The number of amides is 3. The Balaban J connectivity index is 2.30. The number of aromatic amines is 1. The molecule has 0 saturated carbocycles. The number of guanidine groups is 1. The minimum Gasteiger partial charge on any atom is -0.481 e. The summed E-state index contributed by atoms with van der Waals surface area (Å²) in [5, 5.41) is 26.7. The average molecular weight is 593 g/mol. The molecule has 3 amide bonds. The molecule has 16 heteroatoms. The number of nitrogens with zero attached hydrogens (tertiary/aromatic N) is 1. The number of hydrogen-bond donors (Lipinski definition) is 10. The van der Waals surface area contributed by atoms with Gasteiger partial charge in [-0.2, -0.15) is 12.6 Å². The van der Waals surface area contributed by atoms with Crippen LogP contribution in [0.25, 0.3) is 10.9 Å². The summed E-state index contributed by atoms with van der Waals surface area (Å²) in [6.07, 6.45) is 1.11. The number of carboxylic acid groups (broad SMARTS) is 2. The largest absolute Gasteiger partial charge is 0.481 e. The summed E-state index contributed by atoms with van der Waals surface area (Å²) in [6, 6.07) is 2.43. The van der Waals surface area contributed by atoms with Gasteiger partial charge in [-0.3, -0.25) is 24.2 Å². The maximum Gasteiger partial charge on any atom is 0.326 e. The highest BCUT2D eigenvalue weighted by Crippen LogP contribution is 2.19. The first-order valence-electron chi connectivity index (χ1n) is 12.8. The van der Waals surface area contributed by atoms with Crippen molar-refractivity contribution < 1.29 is 34.2 Å². The monoisotopic (exact) mass is 592 g/mol. The number of aliphatic imine (C=N–C) groups is 1. The summed E-state index contributed by atoms with van der Waals surface area (Å²) in [7, 11) is 0. The molecule has 12 N–H and O–H groups in total. The zero-order valence-corrected chi connectivity index (χ0v) is 23.1. The number of benzene rings is 1. The van der Waals surface area contributed by atoms with Crippen LogP contribution in [0, 0.1) is 0 Å². The summed E-state index contributed by atoms with van der Waals surface area (Å²) in [4.78, 5) is 68.7. The predicted molar refractivity (Wildman–Crippen MR) is 154 cm³/mol. The van der Waals surface area contributed by atoms with Crippen molar-refractivity contribution in [3.05, 3.63) is 36.0 Å². The topological polar surface area (TPSA) is 268 Å². The molecule has 41 heavy (non-hydrogen) atoms. The molecule has 4 unspecified atom stereocenters. The van der Waals surface area contributed by atoms with E-state index in [9.17, 15) is 29.1 Å².